The van der Waals surface area contributed by atoms with Crippen molar-refractivity contribution in [1.29, 1.82) is 0 Å². The quantitative estimate of drug-likeness (QED) is 0.725. The third-order valence-corrected chi connectivity index (χ3v) is 4.35. The Hall–Kier alpha value is -2.61. The number of nitrogens with zero attached hydrogens (tertiary/aromatic N) is 4. The van der Waals surface area contributed by atoms with Crippen LogP contribution >= 0.6 is 11.3 Å². The van der Waals surface area contributed by atoms with Crippen LogP contribution in [-0.4, -0.2) is 31.5 Å². The molecule has 0 unspecified atom stereocenters. The summed E-state index contributed by atoms with van der Waals surface area (Å²) in [4.78, 5) is 17.3. The standard InChI is InChI=1S/C15H16N6OS/c1-2-6-11(13-18-20-21-19-13)17-14(22)12-9-16-15(23-12)10-7-4-3-5-8-10/h3-5,7-9,11H,2,6H2,1H3,(H,17,22)(H,18,19,20,21)/t11-/m0/s1. The Kier molecular flexibility index (Phi) is 4.72. The largest absolute Gasteiger partial charge is 0.341 e. The van der Waals surface area contributed by atoms with Crippen LogP contribution in [0, 0.1) is 0 Å². The first-order chi connectivity index (χ1) is 11.3. The minimum atomic E-state index is -0.256. The molecule has 3 aromatic rings. The number of hydrogen-bond donors (Lipinski definition) is 2. The van der Waals surface area contributed by atoms with Crippen molar-refractivity contribution in [3.05, 3.63) is 47.2 Å². The Balaban J connectivity index is 1.74. The van der Waals surface area contributed by atoms with Crippen LogP contribution in [0.1, 0.15) is 41.3 Å². The molecule has 0 saturated heterocycles. The smallest absolute Gasteiger partial charge is 0.263 e. The summed E-state index contributed by atoms with van der Waals surface area (Å²) in [5.41, 5.74) is 1.000. The molecule has 0 aliphatic heterocycles. The predicted octanol–water partition coefficient (Wildman–Crippen LogP) is 2.59. The normalized spacial score (nSPS) is 12.0. The lowest BCUT2D eigenvalue weighted by atomic mass is 10.1. The molecule has 1 amide bonds. The number of thiazole rings is 1. The molecule has 2 aromatic heterocycles. The second-order valence-electron chi connectivity index (χ2n) is 4.98. The van der Waals surface area contributed by atoms with Crippen molar-refractivity contribution in [2.75, 3.05) is 0 Å². The number of carbonyl (C=O) groups excluding carboxylic acids is 1. The van der Waals surface area contributed by atoms with Crippen LogP contribution in [0.5, 0.6) is 0 Å². The second-order valence-corrected chi connectivity index (χ2v) is 6.01. The van der Waals surface area contributed by atoms with Crippen LogP contribution in [0.2, 0.25) is 0 Å². The average molecular weight is 328 g/mol. The molecule has 0 saturated carbocycles. The fourth-order valence-corrected chi connectivity index (χ4v) is 3.02. The zero-order valence-corrected chi connectivity index (χ0v) is 13.4. The Morgan fingerprint density at radius 2 is 2.17 bits per heavy atom. The van der Waals surface area contributed by atoms with Crippen LogP contribution in [0.3, 0.4) is 0 Å². The van der Waals surface area contributed by atoms with E-state index < -0.39 is 0 Å². The molecule has 2 N–H and O–H groups in total. The highest BCUT2D eigenvalue weighted by molar-refractivity contribution is 7.16. The van der Waals surface area contributed by atoms with Crippen molar-refractivity contribution in [3.63, 3.8) is 0 Å². The SMILES string of the molecule is CCC[C@H](NC(=O)c1cnc(-c2ccccc2)s1)c1nn[nH]n1. The van der Waals surface area contributed by atoms with Gasteiger partial charge in [0.25, 0.3) is 5.91 Å². The van der Waals surface area contributed by atoms with Crippen LogP contribution in [0.4, 0.5) is 0 Å². The van der Waals surface area contributed by atoms with Gasteiger partial charge in [0.1, 0.15) is 9.88 Å². The van der Waals surface area contributed by atoms with E-state index in [9.17, 15) is 4.79 Å². The zero-order chi connectivity index (χ0) is 16.1. The molecule has 1 atom stereocenters. The topological polar surface area (TPSA) is 96.5 Å². The predicted molar refractivity (Wildman–Crippen MR) is 86.8 cm³/mol. The van der Waals surface area contributed by atoms with Gasteiger partial charge in [0.05, 0.1) is 12.2 Å². The minimum absolute atomic E-state index is 0.173. The first-order valence-corrected chi connectivity index (χ1v) is 8.15. The van der Waals surface area contributed by atoms with E-state index in [0.29, 0.717) is 10.7 Å². The molecule has 7 nitrogen and oxygen atoms in total. The van der Waals surface area contributed by atoms with E-state index in [0.717, 1.165) is 23.4 Å². The lowest BCUT2D eigenvalue weighted by molar-refractivity contribution is 0.0936. The van der Waals surface area contributed by atoms with E-state index in [1.54, 1.807) is 6.20 Å². The summed E-state index contributed by atoms with van der Waals surface area (Å²) in [6.07, 6.45) is 3.24. The van der Waals surface area contributed by atoms with Crippen LogP contribution in [0.25, 0.3) is 10.6 Å². The van der Waals surface area contributed by atoms with Gasteiger partial charge < -0.3 is 5.32 Å². The monoisotopic (exact) mass is 328 g/mol. The van der Waals surface area contributed by atoms with Crippen molar-refractivity contribution < 1.29 is 4.79 Å². The number of hydrogen-bond acceptors (Lipinski definition) is 6. The van der Waals surface area contributed by atoms with Crippen LogP contribution in [-0.2, 0) is 0 Å². The van der Waals surface area contributed by atoms with Crippen molar-refractivity contribution in [3.8, 4) is 10.6 Å². The third-order valence-electron chi connectivity index (χ3n) is 3.31. The maximum Gasteiger partial charge on any atom is 0.263 e. The molecular formula is C15H16N6OS. The maximum atomic E-state index is 12.4. The van der Waals surface area contributed by atoms with Gasteiger partial charge >= 0.3 is 0 Å². The number of benzene rings is 1. The molecule has 118 valence electrons. The van der Waals surface area contributed by atoms with Crippen LogP contribution in [0.15, 0.2) is 36.5 Å². The Morgan fingerprint density at radius 1 is 1.35 bits per heavy atom. The number of aromatic nitrogens is 5. The van der Waals surface area contributed by atoms with Gasteiger partial charge in [0.15, 0.2) is 5.82 Å². The Morgan fingerprint density at radius 3 is 2.87 bits per heavy atom. The molecule has 0 fully saturated rings. The van der Waals surface area contributed by atoms with E-state index in [-0.39, 0.29) is 11.9 Å². The molecule has 8 heteroatoms. The fourth-order valence-electron chi connectivity index (χ4n) is 2.19. The van der Waals surface area contributed by atoms with Gasteiger partial charge in [-0.15, -0.1) is 21.5 Å². The number of aromatic amines is 1. The summed E-state index contributed by atoms with van der Waals surface area (Å²) in [5, 5.41) is 17.7. The molecule has 0 bridgehead atoms. The first kappa shape index (κ1) is 15.3. The fraction of sp³-hybridized carbons (Fsp3) is 0.267. The highest BCUT2D eigenvalue weighted by Crippen LogP contribution is 2.25. The lowest BCUT2D eigenvalue weighted by Crippen LogP contribution is -2.28. The molecule has 0 aliphatic carbocycles. The Bertz CT molecular complexity index is 755. The van der Waals surface area contributed by atoms with E-state index in [4.69, 9.17) is 0 Å². The van der Waals surface area contributed by atoms with Gasteiger partial charge in [0.2, 0.25) is 0 Å². The highest BCUT2D eigenvalue weighted by atomic mass is 32.1. The summed E-state index contributed by atoms with van der Waals surface area (Å²) in [5.74, 6) is 0.320. The van der Waals surface area contributed by atoms with Gasteiger partial charge in [-0.3, -0.25) is 4.79 Å². The van der Waals surface area contributed by atoms with Gasteiger partial charge in [-0.25, -0.2) is 4.98 Å². The molecule has 2 heterocycles. The molecule has 0 radical (unpaired) electrons. The van der Waals surface area contributed by atoms with E-state index >= 15 is 0 Å². The number of nitrogens with one attached hydrogen (secondary N) is 2. The lowest BCUT2D eigenvalue weighted by Gasteiger charge is -2.13. The number of amides is 1. The Labute approximate surface area is 137 Å². The van der Waals surface area contributed by atoms with Gasteiger partial charge in [-0.05, 0) is 6.42 Å². The average Bonchev–Trinajstić information content (AvgIpc) is 3.27. The second kappa shape index (κ2) is 7.10. The van der Waals surface area contributed by atoms with E-state index in [1.807, 2.05) is 37.3 Å². The van der Waals surface area contributed by atoms with Crippen molar-refractivity contribution in [1.82, 2.24) is 30.9 Å². The van der Waals surface area contributed by atoms with Gasteiger partial charge in [-0.2, -0.15) is 5.21 Å². The number of H-pyrrole nitrogens is 1. The highest BCUT2D eigenvalue weighted by Gasteiger charge is 2.20. The molecule has 3 rings (SSSR count). The van der Waals surface area contributed by atoms with Gasteiger partial charge in [0, 0.05) is 5.56 Å². The number of tetrazole rings is 1. The summed E-state index contributed by atoms with van der Waals surface area (Å²) >= 11 is 1.36. The summed E-state index contributed by atoms with van der Waals surface area (Å²) < 4.78 is 0. The summed E-state index contributed by atoms with van der Waals surface area (Å²) in [6.45, 7) is 2.04. The van der Waals surface area contributed by atoms with Crippen molar-refractivity contribution in [2.24, 2.45) is 0 Å². The third kappa shape index (κ3) is 3.59. The van der Waals surface area contributed by atoms with Gasteiger partial charge in [-0.1, -0.05) is 48.9 Å². The van der Waals surface area contributed by atoms with Crippen LogP contribution < -0.4 is 5.32 Å². The first-order valence-electron chi connectivity index (χ1n) is 7.33. The molecule has 0 spiro atoms. The maximum absolute atomic E-state index is 12.4. The van der Waals surface area contributed by atoms with E-state index in [1.165, 1.54) is 11.3 Å². The molecule has 23 heavy (non-hydrogen) atoms. The molecular weight excluding hydrogens is 312 g/mol. The summed E-state index contributed by atoms with van der Waals surface area (Å²) in [6, 6.07) is 9.53. The van der Waals surface area contributed by atoms with E-state index in [2.05, 4.69) is 30.9 Å². The van der Waals surface area contributed by atoms with Crippen molar-refractivity contribution in [2.45, 2.75) is 25.8 Å². The number of rotatable bonds is 6. The molecule has 1 aromatic carbocycles. The minimum Gasteiger partial charge on any atom is -0.341 e. The number of carbonyl (C=O) groups is 1. The molecule has 0 aliphatic rings. The zero-order valence-electron chi connectivity index (χ0n) is 12.6. The summed E-state index contributed by atoms with van der Waals surface area (Å²) in [7, 11) is 0. The van der Waals surface area contributed by atoms with Crippen molar-refractivity contribution >= 4 is 17.2 Å².